The number of halogens is 1. The maximum absolute atomic E-state index is 14.2. The van der Waals surface area contributed by atoms with Gasteiger partial charge in [0, 0.05) is 56.0 Å². The van der Waals surface area contributed by atoms with E-state index in [2.05, 4.69) is 0 Å². The monoisotopic (exact) mass is 404 g/mol. The van der Waals surface area contributed by atoms with Gasteiger partial charge in [-0.25, -0.2) is 0 Å². The molecule has 11 heteroatoms. The van der Waals surface area contributed by atoms with Crippen LogP contribution in [0.2, 0.25) is 0 Å². The SMILES string of the molecule is COc1cc(F)c([N+](=O)[O-])c(N2CCN(C(=O)c3ccc([N+](=O)[O-])cc3)CC2)c1. The Hall–Kier alpha value is -3.76. The summed E-state index contributed by atoms with van der Waals surface area (Å²) in [6.45, 7) is 1.02. The minimum atomic E-state index is -0.992. The first-order valence-corrected chi connectivity index (χ1v) is 8.62. The van der Waals surface area contributed by atoms with E-state index in [0.717, 1.165) is 6.07 Å². The summed E-state index contributed by atoms with van der Waals surface area (Å²) in [6.07, 6.45) is 0. The zero-order chi connectivity index (χ0) is 21.1. The highest BCUT2D eigenvalue weighted by Crippen LogP contribution is 2.35. The first-order valence-electron chi connectivity index (χ1n) is 8.62. The molecule has 0 unspecified atom stereocenters. The summed E-state index contributed by atoms with van der Waals surface area (Å²) in [6, 6.07) is 7.63. The maximum Gasteiger partial charge on any atom is 0.328 e. The zero-order valence-corrected chi connectivity index (χ0v) is 15.4. The minimum absolute atomic E-state index is 0.0919. The molecule has 1 fully saturated rings. The molecule has 1 heterocycles. The number of nitro groups is 2. The molecular formula is C18H17FN4O6. The Labute approximate surface area is 164 Å². The summed E-state index contributed by atoms with van der Waals surface area (Å²) < 4.78 is 19.2. The van der Waals surface area contributed by atoms with Gasteiger partial charge in [0.2, 0.25) is 5.82 Å². The van der Waals surface area contributed by atoms with Gasteiger partial charge in [0.05, 0.1) is 17.0 Å². The number of non-ortho nitro benzene ring substituents is 1. The Morgan fingerprint density at radius 2 is 1.66 bits per heavy atom. The number of benzene rings is 2. The minimum Gasteiger partial charge on any atom is -0.497 e. The standard InChI is InChI=1S/C18H17FN4O6/c1-29-14-10-15(19)17(23(27)28)16(11-14)20-6-8-21(9-7-20)18(24)12-2-4-13(5-3-12)22(25)26/h2-5,10-11H,6-9H2,1H3. The predicted octanol–water partition coefficient (Wildman–Crippen LogP) is 2.61. The van der Waals surface area contributed by atoms with E-state index in [-0.39, 0.29) is 49.2 Å². The van der Waals surface area contributed by atoms with Crippen LogP contribution >= 0.6 is 0 Å². The number of nitrogens with zero attached hydrogens (tertiary/aromatic N) is 4. The molecule has 1 aliphatic rings. The molecule has 152 valence electrons. The molecule has 2 aromatic rings. The van der Waals surface area contributed by atoms with E-state index in [4.69, 9.17) is 4.74 Å². The summed E-state index contributed by atoms with van der Waals surface area (Å²) >= 11 is 0. The lowest BCUT2D eigenvalue weighted by Crippen LogP contribution is -2.49. The molecule has 0 atom stereocenters. The molecule has 1 amide bonds. The zero-order valence-electron chi connectivity index (χ0n) is 15.4. The predicted molar refractivity (Wildman–Crippen MR) is 101 cm³/mol. The molecule has 10 nitrogen and oxygen atoms in total. The van der Waals surface area contributed by atoms with Gasteiger partial charge < -0.3 is 14.5 Å². The Balaban J connectivity index is 1.75. The number of nitro benzene ring substituents is 2. The van der Waals surface area contributed by atoms with Crippen molar-refractivity contribution in [1.29, 1.82) is 0 Å². The van der Waals surface area contributed by atoms with Crippen molar-refractivity contribution >= 4 is 23.0 Å². The topological polar surface area (TPSA) is 119 Å². The van der Waals surface area contributed by atoms with E-state index in [9.17, 15) is 29.4 Å². The summed E-state index contributed by atoms with van der Waals surface area (Å²) in [4.78, 5) is 36.5. The third-order valence-corrected chi connectivity index (χ3v) is 4.67. The van der Waals surface area contributed by atoms with Crippen LogP contribution in [0.3, 0.4) is 0 Å². The van der Waals surface area contributed by atoms with Crippen LogP contribution in [0.15, 0.2) is 36.4 Å². The van der Waals surface area contributed by atoms with Crippen LogP contribution in [0.1, 0.15) is 10.4 Å². The Morgan fingerprint density at radius 1 is 1.03 bits per heavy atom. The van der Waals surface area contributed by atoms with Crippen molar-refractivity contribution in [3.63, 3.8) is 0 Å². The van der Waals surface area contributed by atoms with Gasteiger partial charge in [-0.15, -0.1) is 0 Å². The third-order valence-electron chi connectivity index (χ3n) is 4.67. The number of hydrogen-bond acceptors (Lipinski definition) is 7. The molecule has 29 heavy (non-hydrogen) atoms. The average Bonchev–Trinajstić information content (AvgIpc) is 2.72. The molecule has 0 aromatic heterocycles. The average molecular weight is 404 g/mol. The second-order valence-corrected chi connectivity index (χ2v) is 6.32. The summed E-state index contributed by atoms with van der Waals surface area (Å²) in [5.41, 5.74) is -0.351. The maximum atomic E-state index is 14.2. The number of piperazine rings is 1. The van der Waals surface area contributed by atoms with E-state index >= 15 is 0 Å². The lowest BCUT2D eigenvalue weighted by molar-refractivity contribution is -0.386. The number of carbonyl (C=O) groups is 1. The Bertz CT molecular complexity index is 958. The van der Waals surface area contributed by atoms with E-state index in [1.807, 2.05) is 0 Å². The molecule has 0 bridgehead atoms. The second-order valence-electron chi connectivity index (χ2n) is 6.32. The van der Waals surface area contributed by atoms with Crippen molar-refractivity contribution in [2.75, 3.05) is 38.2 Å². The first kappa shape index (κ1) is 20.0. The van der Waals surface area contributed by atoms with Gasteiger partial charge in [-0.1, -0.05) is 0 Å². The van der Waals surface area contributed by atoms with Crippen LogP contribution in [-0.4, -0.2) is 53.9 Å². The van der Waals surface area contributed by atoms with Gasteiger partial charge in [-0.2, -0.15) is 4.39 Å². The fourth-order valence-corrected chi connectivity index (χ4v) is 3.16. The number of methoxy groups -OCH3 is 1. The summed E-state index contributed by atoms with van der Waals surface area (Å²) in [5, 5.41) is 22.0. The summed E-state index contributed by atoms with van der Waals surface area (Å²) in [5.74, 6) is -1.13. The van der Waals surface area contributed by atoms with Crippen molar-refractivity contribution < 1.29 is 23.8 Å². The molecule has 1 saturated heterocycles. The number of anilines is 1. The molecule has 0 N–H and O–H groups in total. The number of amides is 1. The van der Waals surface area contributed by atoms with Crippen molar-refractivity contribution in [3.8, 4) is 5.75 Å². The van der Waals surface area contributed by atoms with E-state index < -0.39 is 21.4 Å². The first-order chi connectivity index (χ1) is 13.8. The number of hydrogen-bond donors (Lipinski definition) is 0. The van der Waals surface area contributed by atoms with Crippen molar-refractivity contribution in [1.82, 2.24) is 4.90 Å². The van der Waals surface area contributed by atoms with Crippen LogP contribution in [0, 0.1) is 26.0 Å². The van der Waals surface area contributed by atoms with E-state index in [1.165, 1.54) is 37.4 Å². The lowest BCUT2D eigenvalue weighted by atomic mass is 10.1. The second kappa shape index (κ2) is 8.09. The van der Waals surface area contributed by atoms with Crippen LogP contribution in [-0.2, 0) is 0 Å². The smallest absolute Gasteiger partial charge is 0.328 e. The molecule has 0 saturated carbocycles. The van der Waals surface area contributed by atoms with Crippen LogP contribution in [0.25, 0.3) is 0 Å². The van der Waals surface area contributed by atoms with E-state index in [1.54, 1.807) is 9.80 Å². The Kier molecular flexibility index (Phi) is 5.57. The van der Waals surface area contributed by atoms with Gasteiger partial charge in [0.15, 0.2) is 0 Å². The molecule has 0 radical (unpaired) electrons. The molecule has 0 aliphatic carbocycles. The van der Waals surface area contributed by atoms with Crippen LogP contribution in [0.5, 0.6) is 5.75 Å². The normalized spacial score (nSPS) is 13.9. The highest BCUT2D eigenvalue weighted by atomic mass is 19.1. The van der Waals surface area contributed by atoms with Gasteiger partial charge in [0.1, 0.15) is 11.4 Å². The van der Waals surface area contributed by atoms with Gasteiger partial charge >= 0.3 is 5.69 Å². The molecule has 3 rings (SSSR count). The number of carbonyl (C=O) groups excluding carboxylic acids is 1. The highest BCUT2D eigenvalue weighted by molar-refractivity contribution is 5.94. The quantitative estimate of drug-likeness (QED) is 0.555. The highest BCUT2D eigenvalue weighted by Gasteiger charge is 2.30. The number of rotatable bonds is 5. The van der Waals surface area contributed by atoms with Crippen molar-refractivity contribution in [3.05, 3.63) is 68.0 Å². The summed E-state index contributed by atoms with van der Waals surface area (Å²) in [7, 11) is 1.34. The molecule has 1 aliphatic heterocycles. The third kappa shape index (κ3) is 4.08. The van der Waals surface area contributed by atoms with Crippen molar-refractivity contribution in [2.24, 2.45) is 0 Å². The van der Waals surface area contributed by atoms with Gasteiger partial charge in [0.25, 0.3) is 11.6 Å². The fourth-order valence-electron chi connectivity index (χ4n) is 3.16. The lowest BCUT2D eigenvalue weighted by Gasteiger charge is -2.36. The van der Waals surface area contributed by atoms with Crippen LogP contribution in [0.4, 0.5) is 21.5 Å². The van der Waals surface area contributed by atoms with Gasteiger partial charge in [-0.05, 0) is 12.1 Å². The Morgan fingerprint density at radius 3 is 2.17 bits per heavy atom. The molecule has 2 aromatic carbocycles. The van der Waals surface area contributed by atoms with Gasteiger partial charge in [-0.3, -0.25) is 25.0 Å². The largest absolute Gasteiger partial charge is 0.497 e. The van der Waals surface area contributed by atoms with Crippen LogP contribution < -0.4 is 9.64 Å². The molecular weight excluding hydrogens is 387 g/mol. The van der Waals surface area contributed by atoms with Crippen molar-refractivity contribution in [2.45, 2.75) is 0 Å². The molecule has 0 spiro atoms. The number of ether oxygens (including phenoxy) is 1. The fraction of sp³-hybridized carbons (Fsp3) is 0.278. The van der Waals surface area contributed by atoms with E-state index in [0.29, 0.717) is 5.56 Å².